The van der Waals surface area contributed by atoms with Crippen LogP contribution in [0.3, 0.4) is 0 Å². The quantitative estimate of drug-likeness (QED) is 0.676. The first kappa shape index (κ1) is 21.6. The summed E-state index contributed by atoms with van der Waals surface area (Å²) in [6.45, 7) is 5.41. The third-order valence-corrected chi connectivity index (χ3v) is 5.97. The van der Waals surface area contributed by atoms with E-state index < -0.39 is 6.09 Å². The molecule has 6 nitrogen and oxygen atoms in total. The highest BCUT2D eigenvalue weighted by Crippen LogP contribution is 2.30. The highest BCUT2D eigenvalue weighted by molar-refractivity contribution is 7.80. The second-order valence-corrected chi connectivity index (χ2v) is 8.63. The summed E-state index contributed by atoms with van der Waals surface area (Å²) in [6, 6.07) is 12.6. The van der Waals surface area contributed by atoms with E-state index in [1.807, 2.05) is 29.2 Å². The fourth-order valence-corrected chi connectivity index (χ4v) is 4.25. The normalized spacial score (nSPS) is 18.9. The predicted molar refractivity (Wildman–Crippen MR) is 126 cm³/mol. The molecule has 31 heavy (non-hydrogen) atoms. The maximum atomic E-state index is 15.0. The van der Waals surface area contributed by atoms with Crippen molar-refractivity contribution in [3.05, 3.63) is 53.3 Å². The van der Waals surface area contributed by atoms with Crippen molar-refractivity contribution in [3.63, 3.8) is 0 Å². The van der Waals surface area contributed by atoms with E-state index >= 15 is 0 Å². The van der Waals surface area contributed by atoms with Gasteiger partial charge in [0.05, 0.1) is 40.2 Å². The van der Waals surface area contributed by atoms with Crippen LogP contribution in [-0.2, 0) is 4.74 Å². The van der Waals surface area contributed by atoms with E-state index in [2.05, 4.69) is 10.2 Å². The van der Waals surface area contributed by atoms with E-state index in [-0.39, 0.29) is 11.9 Å². The van der Waals surface area contributed by atoms with Crippen molar-refractivity contribution < 1.29 is 13.9 Å². The summed E-state index contributed by atoms with van der Waals surface area (Å²) in [5.74, 6) is -0.354. The summed E-state index contributed by atoms with van der Waals surface area (Å²) >= 11 is 11.3. The zero-order valence-electron chi connectivity index (χ0n) is 17.2. The second-order valence-electron chi connectivity index (χ2n) is 7.61. The lowest BCUT2D eigenvalue weighted by Gasteiger charge is -2.37. The molecule has 0 saturated carbocycles. The van der Waals surface area contributed by atoms with Gasteiger partial charge in [-0.05, 0) is 37.3 Å². The van der Waals surface area contributed by atoms with Crippen molar-refractivity contribution in [3.8, 4) is 0 Å². The standard InChI is InChI=1S/C22H24ClFN4O2S/c1-15(31)25-13-17-14-28(22(29)30-17)16-6-7-21(19(24)12-16)27-10-8-26(9-11-27)20-5-3-2-4-18(20)23/h2-7,12,17H,8-11,13-14H2,1H3,(H,25,31)/t17-/m0/s1. The number of nitrogens with one attached hydrogen (secondary N) is 1. The summed E-state index contributed by atoms with van der Waals surface area (Å²) in [7, 11) is 0. The van der Waals surface area contributed by atoms with Gasteiger partial charge in [0.2, 0.25) is 0 Å². The number of ether oxygens (including phenoxy) is 1. The molecule has 9 heteroatoms. The van der Waals surface area contributed by atoms with Crippen LogP contribution in [0.2, 0.25) is 5.02 Å². The van der Waals surface area contributed by atoms with Crippen molar-refractivity contribution in [1.82, 2.24) is 5.32 Å². The molecule has 1 N–H and O–H groups in total. The van der Waals surface area contributed by atoms with E-state index in [4.69, 9.17) is 28.6 Å². The van der Waals surface area contributed by atoms with Gasteiger partial charge in [-0.3, -0.25) is 4.90 Å². The Hall–Kier alpha value is -2.58. The molecule has 2 aliphatic rings. The average molecular weight is 463 g/mol. The molecule has 0 unspecified atom stereocenters. The van der Waals surface area contributed by atoms with Crippen LogP contribution in [0.4, 0.5) is 26.2 Å². The summed E-state index contributed by atoms with van der Waals surface area (Å²) in [6.07, 6.45) is -0.805. The molecular weight excluding hydrogens is 439 g/mol. The average Bonchev–Trinajstić information content (AvgIpc) is 3.13. The minimum absolute atomic E-state index is 0.328. The summed E-state index contributed by atoms with van der Waals surface area (Å²) in [5.41, 5.74) is 2.02. The molecule has 1 amide bonds. The molecule has 0 bridgehead atoms. The van der Waals surface area contributed by atoms with E-state index in [1.54, 1.807) is 19.1 Å². The lowest BCUT2D eigenvalue weighted by molar-refractivity contribution is 0.143. The van der Waals surface area contributed by atoms with Crippen LogP contribution in [0.5, 0.6) is 0 Å². The molecule has 0 spiro atoms. The zero-order valence-corrected chi connectivity index (χ0v) is 18.8. The predicted octanol–water partition coefficient (Wildman–Crippen LogP) is 4.07. The number of hydrogen-bond acceptors (Lipinski definition) is 5. The fraction of sp³-hybridized carbons (Fsp3) is 0.364. The SMILES string of the molecule is CC(=S)NC[C@H]1CN(c2ccc(N3CCN(c4ccccc4Cl)CC3)c(F)c2)C(=O)O1. The van der Waals surface area contributed by atoms with E-state index in [9.17, 15) is 9.18 Å². The van der Waals surface area contributed by atoms with Gasteiger partial charge in [-0.1, -0.05) is 36.0 Å². The first-order chi connectivity index (χ1) is 14.9. The number of amides is 1. The Morgan fingerprint density at radius 1 is 1.16 bits per heavy atom. The monoisotopic (exact) mass is 462 g/mol. The number of cyclic esters (lactones) is 1. The third kappa shape index (κ3) is 4.85. The number of carbonyl (C=O) groups excluding carboxylic acids is 1. The van der Waals surface area contributed by atoms with Crippen molar-refractivity contribution in [2.45, 2.75) is 13.0 Å². The number of hydrogen-bond donors (Lipinski definition) is 1. The smallest absolute Gasteiger partial charge is 0.414 e. The number of para-hydroxylation sites is 1. The largest absolute Gasteiger partial charge is 0.442 e. The molecule has 2 aromatic carbocycles. The number of carbonyl (C=O) groups is 1. The van der Waals surface area contributed by atoms with Gasteiger partial charge in [-0.2, -0.15) is 0 Å². The molecule has 2 heterocycles. The maximum Gasteiger partial charge on any atom is 0.414 e. The Labute approximate surface area is 191 Å². The number of thiocarbonyl (C=S) groups is 1. The van der Waals surface area contributed by atoms with Gasteiger partial charge in [0.25, 0.3) is 0 Å². The second kappa shape index (κ2) is 9.28. The molecule has 0 radical (unpaired) electrons. The summed E-state index contributed by atoms with van der Waals surface area (Å²) < 4.78 is 20.3. The number of anilines is 3. The summed E-state index contributed by atoms with van der Waals surface area (Å²) in [5, 5.41) is 3.72. The number of piperazine rings is 1. The van der Waals surface area contributed by atoms with Gasteiger partial charge in [0, 0.05) is 26.2 Å². The number of halogens is 2. The van der Waals surface area contributed by atoms with Crippen molar-refractivity contribution >= 4 is 52.0 Å². The van der Waals surface area contributed by atoms with Gasteiger partial charge in [-0.15, -0.1) is 0 Å². The van der Waals surface area contributed by atoms with E-state index in [1.165, 1.54) is 11.0 Å². The van der Waals surface area contributed by atoms with Crippen LogP contribution in [-0.4, -0.2) is 56.5 Å². The molecular formula is C22H24ClFN4O2S. The Balaban J connectivity index is 1.40. The highest BCUT2D eigenvalue weighted by atomic mass is 35.5. The number of rotatable bonds is 5. The van der Waals surface area contributed by atoms with Gasteiger partial charge in [0.1, 0.15) is 11.9 Å². The number of benzene rings is 2. The summed E-state index contributed by atoms with van der Waals surface area (Å²) in [4.78, 5) is 18.5. The van der Waals surface area contributed by atoms with Gasteiger partial charge in [-0.25, -0.2) is 9.18 Å². The molecule has 2 saturated heterocycles. The minimum atomic E-state index is -0.477. The Bertz CT molecular complexity index is 984. The molecule has 2 aromatic rings. The van der Waals surface area contributed by atoms with Crippen LogP contribution < -0.4 is 20.0 Å². The Morgan fingerprint density at radius 2 is 1.84 bits per heavy atom. The van der Waals surface area contributed by atoms with Gasteiger partial charge < -0.3 is 19.9 Å². The molecule has 1 atom stereocenters. The molecule has 0 aromatic heterocycles. The van der Waals surface area contributed by atoms with Crippen molar-refractivity contribution in [2.24, 2.45) is 0 Å². The first-order valence-electron chi connectivity index (χ1n) is 10.2. The number of nitrogens with zero attached hydrogens (tertiary/aromatic N) is 3. The molecule has 4 rings (SSSR count). The van der Waals surface area contributed by atoms with Gasteiger partial charge >= 0.3 is 6.09 Å². The van der Waals surface area contributed by atoms with Crippen LogP contribution in [0, 0.1) is 5.82 Å². The molecule has 0 aliphatic carbocycles. The van der Waals surface area contributed by atoms with Crippen LogP contribution >= 0.6 is 23.8 Å². The maximum absolute atomic E-state index is 15.0. The molecule has 2 fully saturated rings. The van der Waals surface area contributed by atoms with Crippen LogP contribution in [0.25, 0.3) is 0 Å². The third-order valence-electron chi connectivity index (χ3n) is 5.51. The van der Waals surface area contributed by atoms with Crippen molar-refractivity contribution in [2.75, 3.05) is 54.0 Å². The van der Waals surface area contributed by atoms with Crippen molar-refractivity contribution in [1.29, 1.82) is 0 Å². The molecule has 2 aliphatic heterocycles. The van der Waals surface area contributed by atoms with Crippen LogP contribution in [0.1, 0.15) is 6.92 Å². The first-order valence-corrected chi connectivity index (χ1v) is 11.0. The van der Waals surface area contributed by atoms with E-state index in [0.29, 0.717) is 42.5 Å². The minimum Gasteiger partial charge on any atom is -0.442 e. The lowest BCUT2D eigenvalue weighted by Crippen LogP contribution is -2.47. The van der Waals surface area contributed by atoms with Gasteiger partial charge in [0.15, 0.2) is 0 Å². The Kier molecular flexibility index (Phi) is 6.48. The lowest BCUT2D eigenvalue weighted by atomic mass is 10.2. The van der Waals surface area contributed by atoms with Crippen LogP contribution in [0.15, 0.2) is 42.5 Å². The Morgan fingerprint density at radius 3 is 2.48 bits per heavy atom. The fourth-order valence-electron chi connectivity index (χ4n) is 3.91. The van der Waals surface area contributed by atoms with E-state index in [0.717, 1.165) is 23.8 Å². The molecule has 164 valence electrons. The zero-order chi connectivity index (χ0) is 22.0. The highest BCUT2D eigenvalue weighted by Gasteiger charge is 2.33. The topological polar surface area (TPSA) is 48.0 Å².